The molecule has 0 N–H and O–H groups in total. The molecule has 1 atom stereocenters. The highest BCUT2D eigenvalue weighted by atomic mass is 16.3. The highest BCUT2D eigenvalue weighted by Crippen LogP contribution is 2.55. The van der Waals surface area contributed by atoms with Gasteiger partial charge in [0, 0.05) is 61.1 Å². The van der Waals surface area contributed by atoms with Gasteiger partial charge in [0.25, 0.3) is 0 Å². The molecule has 1 aliphatic heterocycles. The lowest BCUT2D eigenvalue weighted by Crippen LogP contribution is -2.15. The monoisotopic (exact) mass is 923 g/mol. The third-order valence-electron chi connectivity index (χ3n) is 15.6. The maximum absolute atomic E-state index is 6.23. The Kier molecular flexibility index (Phi) is 8.73. The van der Waals surface area contributed by atoms with Crippen molar-refractivity contribution in [1.82, 2.24) is 19.5 Å². The first-order valence-corrected chi connectivity index (χ1v) is 24.8. The second-order valence-electron chi connectivity index (χ2n) is 20.0. The number of nitrogens with zero attached hydrogens (tertiary/aromatic N) is 5. The Balaban J connectivity index is 0.903. The van der Waals surface area contributed by atoms with Gasteiger partial charge in [-0.2, -0.15) is 9.97 Å². The molecule has 4 heterocycles. The van der Waals surface area contributed by atoms with Crippen molar-refractivity contribution in [2.24, 2.45) is 0 Å². The predicted molar refractivity (Wildman–Crippen MR) is 294 cm³/mol. The van der Waals surface area contributed by atoms with Crippen molar-refractivity contribution in [3.63, 3.8) is 0 Å². The van der Waals surface area contributed by atoms with Gasteiger partial charge in [0.05, 0.1) is 11.0 Å². The fraction of sp³-hybridized carbons (Fsp3) is 0.0758. The minimum atomic E-state index is -0.196. The first kappa shape index (κ1) is 40.7. The van der Waals surface area contributed by atoms with E-state index in [0.717, 1.165) is 55.9 Å². The number of anilines is 2. The second kappa shape index (κ2) is 15.4. The largest absolute Gasteiger partial charge is 0.456 e. The number of para-hydroxylation sites is 2. The third-order valence-corrected chi connectivity index (χ3v) is 15.6. The van der Waals surface area contributed by atoms with Gasteiger partial charge in [-0.05, 0) is 129 Å². The fourth-order valence-electron chi connectivity index (χ4n) is 12.1. The van der Waals surface area contributed by atoms with Crippen LogP contribution in [0.5, 0.6) is 0 Å². The summed E-state index contributed by atoms with van der Waals surface area (Å²) in [6.45, 7) is 4.69. The molecule has 1 unspecified atom stereocenters. The van der Waals surface area contributed by atoms with Crippen LogP contribution < -0.4 is 4.90 Å². The number of fused-ring (bicyclic) bond motifs is 12. The van der Waals surface area contributed by atoms with E-state index in [1.54, 1.807) is 0 Å². The van der Waals surface area contributed by atoms with Crippen LogP contribution in [0.1, 0.15) is 48.4 Å². The van der Waals surface area contributed by atoms with Gasteiger partial charge in [0.1, 0.15) is 11.2 Å². The molecule has 0 amide bonds. The average Bonchev–Trinajstić information content (AvgIpc) is 4.15. The standard InChI is InChI=1S/C66H45N5O/c1-66(2)55-24-14-12-22-47(55)49-38-53-52-36-43(28-32-59(52)71(60(53)39-56(49)66)65-68-63(40-16-6-3-7-17-40)67-64(69-65)41-18-8-4-9-19-41)42-26-30-57-50(34-42)51-35-44(27-31-58(51)70(57)46-20-10-5-11-21-46)45-29-33-62-54(37-45)48-23-13-15-25-61(48)72-62/h3-33,35-39,50H,34H2,1-2H3. The van der Waals surface area contributed by atoms with Crippen molar-refractivity contribution in [2.45, 2.75) is 31.6 Å². The zero-order valence-electron chi connectivity index (χ0n) is 39.7. The minimum absolute atomic E-state index is 0.149. The number of hydrogen-bond acceptors (Lipinski definition) is 5. The van der Waals surface area contributed by atoms with E-state index in [1.165, 1.54) is 72.5 Å². The van der Waals surface area contributed by atoms with E-state index in [4.69, 9.17) is 19.4 Å². The molecule has 0 fully saturated rings. The number of hydrogen-bond donors (Lipinski definition) is 0. The molecule has 340 valence electrons. The maximum atomic E-state index is 6.23. The summed E-state index contributed by atoms with van der Waals surface area (Å²) in [6, 6.07) is 74.0. The third kappa shape index (κ3) is 6.12. The van der Waals surface area contributed by atoms with Crippen LogP contribution in [0.3, 0.4) is 0 Å². The highest BCUT2D eigenvalue weighted by Gasteiger charge is 2.38. The molecule has 0 radical (unpaired) electrons. The number of benzene rings is 9. The summed E-state index contributed by atoms with van der Waals surface area (Å²) < 4.78 is 8.51. The molecule has 0 bridgehead atoms. The molecular weight excluding hydrogens is 879 g/mol. The van der Waals surface area contributed by atoms with E-state index in [9.17, 15) is 0 Å². The summed E-state index contributed by atoms with van der Waals surface area (Å²) >= 11 is 0. The predicted octanol–water partition coefficient (Wildman–Crippen LogP) is 16.8. The van der Waals surface area contributed by atoms with Crippen LogP contribution in [0, 0.1) is 0 Å². The lowest BCUT2D eigenvalue weighted by atomic mass is 9.82. The van der Waals surface area contributed by atoms with Crippen molar-refractivity contribution in [1.29, 1.82) is 0 Å². The Morgan fingerprint density at radius 2 is 1.11 bits per heavy atom. The second-order valence-corrected chi connectivity index (χ2v) is 20.0. The first-order chi connectivity index (χ1) is 35.4. The normalized spacial score (nSPS) is 15.4. The van der Waals surface area contributed by atoms with Crippen molar-refractivity contribution < 1.29 is 4.42 Å². The van der Waals surface area contributed by atoms with Crippen LogP contribution in [0.4, 0.5) is 11.4 Å². The van der Waals surface area contributed by atoms with E-state index in [-0.39, 0.29) is 11.3 Å². The zero-order chi connectivity index (χ0) is 47.7. The van der Waals surface area contributed by atoms with Crippen LogP contribution in [0.15, 0.2) is 229 Å². The van der Waals surface area contributed by atoms with Gasteiger partial charge < -0.3 is 9.32 Å². The summed E-state index contributed by atoms with van der Waals surface area (Å²) in [7, 11) is 0. The Morgan fingerprint density at radius 1 is 0.472 bits per heavy atom. The Labute approximate surface area is 416 Å². The van der Waals surface area contributed by atoms with Crippen molar-refractivity contribution in [2.75, 3.05) is 4.90 Å². The van der Waals surface area contributed by atoms with Gasteiger partial charge in [-0.15, -0.1) is 0 Å². The SMILES string of the molecule is CC1(C)c2ccccc2-c2cc3c4cc(C5=CC=C6C(C5)c5cc(-c7ccc8oc9ccccc9c8c7)ccc5N6c5ccccc5)ccc4n(-c4nc(-c5ccccc5)nc(-c5ccccc5)n4)c3cc21. The van der Waals surface area contributed by atoms with Crippen LogP contribution in [-0.2, 0) is 5.41 Å². The number of aromatic nitrogens is 4. The van der Waals surface area contributed by atoms with Gasteiger partial charge in [0.2, 0.25) is 5.95 Å². The molecular formula is C66H45N5O. The molecule has 9 aromatic carbocycles. The lowest BCUT2D eigenvalue weighted by molar-refractivity contribution is 0.661. The average molecular weight is 924 g/mol. The van der Waals surface area contributed by atoms with E-state index in [1.807, 2.05) is 48.5 Å². The highest BCUT2D eigenvalue weighted by molar-refractivity contribution is 6.12. The molecule has 6 heteroatoms. The van der Waals surface area contributed by atoms with Crippen molar-refractivity contribution >= 4 is 60.7 Å². The minimum Gasteiger partial charge on any atom is -0.456 e. The molecule has 3 aromatic heterocycles. The Hall–Kier alpha value is -9.13. The Morgan fingerprint density at radius 3 is 1.90 bits per heavy atom. The van der Waals surface area contributed by atoms with E-state index < -0.39 is 0 Å². The molecule has 3 aliphatic rings. The fourth-order valence-corrected chi connectivity index (χ4v) is 12.1. The van der Waals surface area contributed by atoms with Crippen molar-refractivity contribution in [3.05, 3.63) is 246 Å². The number of furan rings is 1. The topological polar surface area (TPSA) is 60.0 Å². The number of allylic oxidation sites excluding steroid dienone is 4. The maximum Gasteiger partial charge on any atom is 0.238 e. The molecule has 72 heavy (non-hydrogen) atoms. The van der Waals surface area contributed by atoms with E-state index in [2.05, 4.69) is 193 Å². The molecule has 2 aliphatic carbocycles. The van der Waals surface area contributed by atoms with Crippen molar-refractivity contribution in [3.8, 4) is 51.0 Å². The van der Waals surface area contributed by atoms with Crippen LogP contribution in [-0.4, -0.2) is 19.5 Å². The Bertz CT molecular complexity index is 4220. The van der Waals surface area contributed by atoms with Crippen LogP contribution >= 0.6 is 0 Å². The van der Waals surface area contributed by atoms with Crippen LogP contribution in [0.25, 0.3) is 100 Å². The summed E-state index contributed by atoms with van der Waals surface area (Å²) in [5.41, 5.74) is 20.7. The van der Waals surface area contributed by atoms with Gasteiger partial charge in [-0.25, -0.2) is 4.98 Å². The first-order valence-electron chi connectivity index (χ1n) is 24.8. The molecule has 12 aromatic rings. The van der Waals surface area contributed by atoms with Gasteiger partial charge >= 0.3 is 0 Å². The summed E-state index contributed by atoms with van der Waals surface area (Å²) in [5, 5.41) is 4.60. The summed E-state index contributed by atoms with van der Waals surface area (Å²) in [4.78, 5) is 18.2. The molecule has 6 nitrogen and oxygen atoms in total. The quantitative estimate of drug-likeness (QED) is 0.166. The molecule has 0 saturated carbocycles. The molecule has 15 rings (SSSR count). The smallest absolute Gasteiger partial charge is 0.238 e. The summed E-state index contributed by atoms with van der Waals surface area (Å²) in [6.07, 6.45) is 5.57. The van der Waals surface area contributed by atoms with Gasteiger partial charge in [-0.3, -0.25) is 4.57 Å². The van der Waals surface area contributed by atoms with E-state index >= 15 is 0 Å². The molecule has 0 saturated heterocycles. The summed E-state index contributed by atoms with van der Waals surface area (Å²) in [5.74, 6) is 2.01. The molecule has 0 spiro atoms. The lowest BCUT2D eigenvalue weighted by Gasteiger charge is -2.26. The zero-order valence-corrected chi connectivity index (χ0v) is 39.7. The van der Waals surface area contributed by atoms with Gasteiger partial charge in [-0.1, -0.05) is 159 Å². The van der Waals surface area contributed by atoms with E-state index in [0.29, 0.717) is 17.6 Å². The van der Waals surface area contributed by atoms with Gasteiger partial charge in [0.15, 0.2) is 11.6 Å². The van der Waals surface area contributed by atoms with Crippen LogP contribution in [0.2, 0.25) is 0 Å². The number of rotatable bonds is 6.